The number of likely N-dealkylation sites (tertiary alicyclic amines) is 1. The molecule has 7 heteroatoms. The molecule has 2 heterocycles. The van der Waals surface area contributed by atoms with Crippen LogP contribution in [0.2, 0.25) is 0 Å². The molecule has 0 radical (unpaired) electrons. The van der Waals surface area contributed by atoms with Crippen LogP contribution in [-0.4, -0.2) is 62.6 Å². The summed E-state index contributed by atoms with van der Waals surface area (Å²) in [5.74, 6) is 0.904. The van der Waals surface area contributed by atoms with Crippen LogP contribution in [0.3, 0.4) is 0 Å². The van der Waals surface area contributed by atoms with Crippen LogP contribution in [0, 0.1) is 0 Å². The number of amides is 2. The van der Waals surface area contributed by atoms with E-state index in [9.17, 15) is 9.59 Å². The number of likely N-dealkylation sites (N-methyl/N-ethyl adjacent to an activating group) is 1. The minimum Gasteiger partial charge on any atom is -0.340 e. The minimum absolute atomic E-state index is 0.0210. The highest BCUT2D eigenvalue weighted by Crippen LogP contribution is 2.27. The second-order valence-electron chi connectivity index (χ2n) is 6.43. The molecule has 132 valence electrons. The Hall–Kier alpha value is -2.18. The van der Waals surface area contributed by atoms with Gasteiger partial charge in [-0.15, -0.1) is 10.2 Å². The number of carbonyl (C=O) groups is 2. The first-order valence-corrected chi connectivity index (χ1v) is 8.56. The van der Waals surface area contributed by atoms with E-state index in [4.69, 9.17) is 0 Å². The third-order valence-electron chi connectivity index (χ3n) is 4.49. The Bertz CT molecular complexity index is 596. The molecule has 0 bridgehead atoms. The second-order valence-corrected chi connectivity index (χ2v) is 6.43. The zero-order valence-electron chi connectivity index (χ0n) is 14.8. The molecular weight excluding hydrogens is 306 g/mol. The fourth-order valence-corrected chi connectivity index (χ4v) is 3.09. The van der Waals surface area contributed by atoms with Crippen LogP contribution in [0.25, 0.3) is 0 Å². The van der Waals surface area contributed by atoms with Gasteiger partial charge in [0.25, 0.3) is 0 Å². The molecule has 2 amide bonds. The van der Waals surface area contributed by atoms with Gasteiger partial charge >= 0.3 is 0 Å². The fraction of sp³-hybridized carbons (Fsp3) is 0.647. The van der Waals surface area contributed by atoms with Crippen molar-refractivity contribution in [1.29, 1.82) is 0 Å². The number of hydrogen-bond donors (Lipinski definition) is 0. The van der Waals surface area contributed by atoms with E-state index in [1.54, 1.807) is 6.33 Å². The summed E-state index contributed by atoms with van der Waals surface area (Å²) in [6.07, 6.45) is 4.93. The first kappa shape index (κ1) is 18.2. The van der Waals surface area contributed by atoms with E-state index < -0.39 is 0 Å². The molecule has 0 aromatic carbocycles. The molecule has 1 aliphatic rings. The third-order valence-corrected chi connectivity index (χ3v) is 4.49. The first-order chi connectivity index (χ1) is 11.5. The molecular formula is C17H27N5O2. The van der Waals surface area contributed by atoms with Gasteiger partial charge in [-0.3, -0.25) is 9.59 Å². The lowest BCUT2D eigenvalue weighted by Gasteiger charge is -2.34. The molecule has 24 heavy (non-hydrogen) atoms. The zero-order valence-corrected chi connectivity index (χ0v) is 14.8. The van der Waals surface area contributed by atoms with E-state index >= 15 is 0 Å². The molecule has 1 atom stereocenters. The fourth-order valence-electron chi connectivity index (χ4n) is 3.09. The van der Waals surface area contributed by atoms with Crippen LogP contribution in [0.1, 0.15) is 51.4 Å². The zero-order chi connectivity index (χ0) is 17.7. The van der Waals surface area contributed by atoms with E-state index in [1.807, 2.05) is 11.8 Å². The average molecular weight is 333 g/mol. The Morgan fingerprint density at radius 2 is 2.25 bits per heavy atom. The Kier molecular flexibility index (Phi) is 6.11. The highest BCUT2D eigenvalue weighted by atomic mass is 16.2. The number of rotatable bonds is 6. The maximum absolute atomic E-state index is 12.6. The Morgan fingerprint density at radius 3 is 2.88 bits per heavy atom. The van der Waals surface area contributed by atoms with Gasteiger partial charge < -0.3 is 14.4 Å². The van der Waals surface area contributed by atoms with Crippen molar-refractivity contribution in [1.82, 2.24) is 24.6 Å². The summed E-state index contributed by atoms with van der Waals surface area (Å²) in [7, 11) is 0. The van der Waals surface area contributed by atoms with Crippen molar-refractivity contribution in [3.63, 3.8) is 0 Å². The SMILES string of the molecule is C=CC(=O)N(CC)CC(=O)N1CCCC(c2nncn2C(C)C)C1. The maximum atomic E-state index is 12.6. The van der Waals surface area contributed by atoms with Crippen molar-refractivity contribution >= 4 is 11.8 Å². The average Bonchev–Trinajstić information content (AvgIpc) is 3.09. The lowest BCUT2D eigenvalue weighted by atomic mass is 9.96. The predicted molar refractivity (Wildman–Crippen MR) is 91.4 cm³/mol. The third kappa shape index (κ3) is 4.01. The summed E-state index contributed by atoms with van der Waals surface area (Å²) in [5, 5.41) is 8.30. The van der Waals surface area contributed by atoms with Crippen molar-refractivity contribution in [2.24, 2.45) is 0 Å². The Morgan fingerprint density at radius 1 is 1.50 bits per heavy atom. The van der Waals surface area contributed by atoms with Gasteiger partial charge in [-0.25, -0.2) is 0 Å². The number of aromatic nitrogens is 3. The summed E-state index contributed by atoms with van der Waals surface area (Å²) >= 11 is 0. The van der Waals surface area contributed by atoms with E-state index in [-0.39, 0.29) is 24.3 Å². The Labute approximate surface area is 143 Å². The van der Waals surface area contributed by atoms with E-state index in [0.717, 1.165) is 25.2 Å². The summed E-state index contributed by atoms with van der Waals surface area (Å²) in [5.41, 5.74) is 0. The molecule has 1 saturated heterocycles. The second kappa shape index (κ2) is 8.08. The number of hydrogen-bond acceptors (Lipinski definition) is 4. The Balaban J connectivity index is 2.04. The van der Waals surface area contributed by atoms with Crippen molar-refractivity contribution < 1.29 is 9.59 Å². The van der Waals surface area contributed by atoms with Crippen LogP contribution >= 0.6 is 0 Å². The quantitative estimate of drug-likeness (QED) is 0.741. The van der Waals surface area contributed by atoms with Gasteiger partial charge in [-0.05, 0) is 39.7 Å². The topological polar surface area (TPSA) is 71.3 Å². The first-order valence-electron chi connectivity index (χ1n) is 8.56. The molecule has 0 aliphatic carbocycles. The summed E-state index contributed by atoms with van der Waals surface area (Å²) < 4.78 is 2.07. The van der Waals surface area contributed by atoms with Crippen molar-refractivity contribution in [2.75, 3.05) is 26.2 Å². The highest BCUT2D eigenvalue weighted by molar-refractivity contribution is 5.90. The van der Waals surface area contributed by atoms with E-state index in [1.165, 1.54) is 11.0 Å². The molecule has 1 aromatic heterocycles. The molecule has 0 saturated carbocycles. The molecule has 0 spiro atoms. The van der Waals surface area contributed by atoms with Crippen molar-refractivity contribution in [3.8, 4) is 0 Å². The smallest absolute Gasteiger partial charge is 0.246 e. The van der Waals surface area contributed by atoms with Gasteiger partial charge in [-0.1, -0.05) is 6.58 Å². The molecule has 1 aliphatic heterocycles. The lowest BCUT2D eigenvalue weighted by molar-refractivity contribution is -0.138. The largest absolute Gasteiger partial charge is 0.340 e. The predicted octanol–water partition coefficient (Wildman–Crippen LogP) is 1.60. The minimum atomic E-state index is -0.209. The van der Waals surface area contributed by atoms with Crippen LogP contribution < -0.4 is 0 Å². The number of piperidine rings is 1. The molecule has 2 rings (SSSR count). The standard InChI is InChI=1S/C17H27N5O2/c1-5-15(23)20(6-2)11-16(24)21-9-7-8-14(10-21)17-19-18-12-22(17)13(3)4/h5,12-14H,1,6-11H2,2-4H3. The lowest BCUT2D eigenvalue weighted by Crippen LogP contribution is -2.46. The highest BCUT2D eigenvalue weighted by Gasteiger charge is 2.29. The van der Waals surface area contributed by atoms with Crippen LogP contribution in [-0.2, 0) is 9.59 Å². The summed E-state index contributed by atoms with van der Waals surface area (Å²) in [6, 6.07) is 0.293. The molecule has 1 aromatic rings. The van der Waals surface area contributed by atoms with Gasteiger partial charge in [0.05, 0.1) is 6.54 Å². The number of nitrogens with zero attached hydrogens (tertiary/aromatic N) is 5. The summed E-state index contributed by atoms with van der Waals surface area (Å²) in [4.78, 5) is 27.7. The van der Waals surface area contributed by atoms with Crippen molar-refractivity contribution in [3.05, 3.63) is 24.8 Å². The maximum Gasteiger partial charge on any atom is 0.246 e. The monoisotopic (exact) mass is 333 g/mol. The van der Waals surface area contributed by atoms with Gasteiger partial charge in [0, 0.05) is 31.6 Å². The molecule has 1 fully saturated rings. The van der Waals surface area contributed by atoms with Gasteiger partial charge in [0.2, 0.25) is 11.8 Å². The molecule has 7 nitrogen and oxygen atoms in total. The normalized spacial score (nSPS) is 17.8. The van der Waals surface area contributed by atoms with Crippen molar-refractivity contribution in [2.45, 2.75) is 45.6 Å². The molecule has 0 N–H and O–H groups in total. The van der Waals surface area contributed by atoms with E-state index in [0.29, 0.717) is 19.1 Å². The van der Waals surface area contributed by atoms with Crippen LogP contribution in [0.15, 0.2) is 19.0 Å². The van der Waals surface area contributed by atoms with Crippen LogP contribution in [0.5, 0.6) is 0 Å². The molecule has 1 unspecified atom stereocenters. The van der Waals surface area contributed by atoms with Gasteiger partial charge in [0.1, 0.15) is 12.2 Å². The van der Waals surface area contributed by atoms with Gasteiger partial charge in [0.15, 0.2) is 0 Å². The van der Waals surface area contributed by atoms with E-state index in [2.05, 4.69) is 35.2 Å². The van der Waals surface area contributed by atoms with Crippen LogP contribution in [0.4, 0.5) is 0 Å². The summed E-state index contributed by atoms with van der Waals surface area (Å²) in [6.45, 7) is 11.5. The number of carbonyl (C=O) groups excluding carboxylic acids is 2. The van der Waals surface area contributed by atoms with Gasteiger partial charge in [-0.2, -0.15) is 0 Å².